The number of carbonyl (C=O) groups excluding carboxylic acids is 1. The average molecular weight is 299 g/mol. The number of fused-ring (bicyclic) bond motifs is 1. The largest absolute Gasteiger partial charge is 0.393 e. The van der Waals surface area contributed by atoms with Crippen molar-refractivity contribution >= 4 is 5.91 Å². The second-order valence-electron chi connectivity index (χ2n) is 5.79. The first kappa shape index (κ1) is 14.4. The summed E-state index contributed by atoms with van der Waals surface area (Å²) in [5, 5.41) is 9.96. The monoisotopic (exact) mass is 299 g/mol. The van der Waals surface area contributed by atoms with Crippen molar-refractivity contribution in [1.29, 1.82) is 0 Å². The Bertz CT molecular complexity index is 555. The van der Waals surface area contributed by atoms with Gasteiger partial charge in [-0.15, -0.1) is 0 Å². The van der Waals surface area contributed by atoms with Gasteiger partial charge in [-0.2, -0.15) is 0 Å². The molecule has 3 rings (SSSR count). The highest BCUT2D eigenvalue weighted by atomic mass is 19.2. The van der Waals surface area contributed by atoms with Gasteiger partial charge in [-0.1, -0.05) is 0 Å². The van der Waals surface area contributed by atoms with Crippen LogP contribution in [0.4, 0.5) is 13.2 Å². The van der Waals surface area contributed by atoms with Crippen LogP contribution in [0.2, 0.25) is 0 Å². The fraction of sp³-hybridized carbons (Fsp3) is 0.533. The van der Waals surface area contributed by atoms with E-state index < -0.39 is 29.6 Å². The standard InChI is InChI=1S/C15H16F3NO2/c16-11-4-8(5-12(17)15(11)18)13-7-10(20)6-9-2-1-3-14(21)19(9)13/h4-5,9-10,13,20H,1-3,6-7H2/t9-,10+,13-/m0/s1. The Hall–Kier alpha value is -1.56. The molecular formula is C15H16F3NO2. The number of benzene rings is 1. The Morgan fingerprint density at radius 3 is 2.48 bits per heavy atom. The van der Waals surface area contributed by atoms with E-state index in [4.69, 9.17) is 0 Å². The zero-order valence-electron chi connectivity index (χ0n) is 11.4. The van der Waals surface area contributed by atoms with Gasteiger partial charge in [0.1, 0.15) is 0 Å². The maximum absolute atomic E-state index is 13.4. The van der Waals surface area contributed by atoms with Crippen LogP contribution in [0.3, 0.4) is 0 Å². The molecule has 0 bridgehead atoms. The van der Waals surface area contributed by atoms with Gasteiger partial charge in [-0.05, 0) is 43.4 Å². The van der Waals surface area contributed by atoms with Crippen LogP contribution >= 0.6 is 0 Å². The molecule has 0 radical (unpaired) electrons. The summed E-state index contributed by atoms with van der Waals surface area (Å²) in [6.07, 6.45) is 1.99. The third kappa shape index (κ3) is 2.52. The van der Waals surface area contributed by atoms with Crippen LogP contribution < -0.4 is 0 Å². The Morgan fingerprint density at radius 2 is 1.81 bits per heavy atom. The normalized spacial score (nSPS) is 29.4. The second kappa shape index (κ2) is 5.33. The van der Waals surface area contributed by atoms with Gasteiger partial charge < -0.3 is 10.0 Å². The molecule has 2 aliphatic heterocycles. The van der Waals surface area contributed by atoms with Crippen molar-refractivity contribution in [3.05, 3.63) is 35.1 Å². The highest BCUT2D eigenvalue weighted by Gasteiger charge is 2.40. The van der Waals surface area contributed by atoms with Gasteiger partial charge in [-0.25, -0.2) is 13.2 Å². The maximum Gasteiger partial charge on any atom is 0.223 e. The van der Waals surface area contributed by atoms with E-state index in [0.29, 0.717) is 12.8 Å². The van der Waals surface area contributed by atoms with E-state index in [9.17, 15) is 23.1 Å². The first-order valence-electron chi connectivity index (χ1n) is 7.11. The minimum absolute atomic E-state index is 0.0757. The number of carbonyl (C=O) groups is 1. The topological polar surface area (TPSA) is 40.5 Å². The number of amides is 1. The minimum atomic E-state index is -1.52. The molecule has 2 saturated heterocycles. The molecule has 1 aromatic carbocycles. The summed E-state index contributed by atoms with van der Waals surface area (Å²) in [6.45, 7) is 0. The van der Waals surface area contributed by atoms with E-state index in [-0.39, 0.29) is 23.9 Å². The smallest absolute Gasteiger partial charge is 0.223 e. The first-order valence-corrected chi connectivity index (χ1v) is 7.11. The van der Waals surface area contributed by atoms with Gasteiger partial charge in [-0.3, -0.25) is 4.79 Å². The third-order valence-electron chi connectivity index (χ3n) is 4.38. The van der Waals surface area contributed by atoms with Crippen molar-refractivity contribution in [3.8, 4) is 0 Å². The van der Waals surface area contributed by atoms with E-state index in [2.05, 4.69) is 0 Å². The molecule has 2 fully saturated rings. The highest BCUT2D eigenvalue weighted by Crippen LogP contribution is 2.39. The molecule has 114 valence electrons. The molecule has 2 aliphatic rings. The van der Waals surface area contributed by atoms with Crippen LogP contribution in [0.1, 0.15) is 43.7 Å². The molecule has 0 saturated carbocycles. The Kier molecular flexibility index (Phi) is 3.65. The van der Waals surface area contributed by atoms with E-state index >= 15 is 0 Å². The molecule has 0 unspecified atom stereocenters. The number of nitrogens with zero attached hydrogens (tertiary/aromatic N) is 1. The Balaban J connectivity index is 2.00. The second-order valence-corrected chi connectivity index (χ2v) is 5.79. The molecule has 6 heteroatoms. The van der Waals surface area contributed by atoms with Crippen LogP contribution in [0.15, 0.2) is 12.1 Å². The van der Waals surface area contributed by atoms with Gasteiger partial charge in [0.15, 0.2) is 17.5 Å². The number of hydrogen-bond donors (Lipinski definition) is 1. The summed E-state index contributed by atoms with van der Waals surface area (Å²) in [5.41, 5.74) is 0.199. The molecule has 0 aromatic heterocycles. The van der Waals surface area contributed by atoms with Gasteiger partial charge >= 0.3 is 0 Å². The number of hydrogen-bond acceptors (Lipinski definition) is 2. The number of piperidine rings is 2. The number of halogens is 3. The van der Waals surface area contributed by atoms with Crippen molar-refractivity contribution in [2.75, 3.05) is 0 Å². The lowest BCUT2D eigenvalue weighted by Crippen LogP contribution is -2.51. The third-order valence-corrected chi connectivity index (χ3v) is 4.38. The molecule has 1 aromatic rings. The predicted molar refractivity (Wildman–Crippen MR) is 68.8 cm³/mol. The summed E-state index contributed by atoms with van der Waals surface area (Å²) in [7, 11) is 0. The fourth-order valence-electron chi connectivity index (χ4n) is 3.47. The maximum atomic E-state index is 13.4. The Labute approximate surface area is 120 Å². The lowest BCUT2D eigenvalue weighted by molar-refractivity contribution is -0.145. The number of aliphatic hydroxyl groups excluding tert-OH is 1. The zero-order chi connectivity index (χ0) is 15.1. The zero-order valence-corrected chi connectivity index (χ0v) is 11.4. The van der Waals surface area contributed by atoms with E-state index in [1.54, 1.807) is 4.90 Å². The SMILES string of the molecule is O=C1CCC[C@H]2C[C@@H](O)C[C@@H](c3cc(F)c(F)c(F)c3)N12. The molecule has 1 N–H and O–H groups in total. The van der Waals surface area contributed by atoms with E-state index in [0.717, 1.165) is 25.0 Å². The van der Waals surface area contributed by atoms with Crippen molar-refractivity contribution in [2.24, 2.45) is 0 Å². The predicted octanol–water partition coefficient (Wildman–Crippen LogP) is 2.68. The summed E-state index contributed by atoms with van der Waals surface area (Å²) in [6, 6.07) is 1.12. The van der Waals surface area contributed by atoms with Crippen molar-refractivity contribution < 1.29 is 23.1 Å². The van der Waals surface area contributed by atoms with Crippen LogP contribution in [0.5, 0.6) is 0 Å². The van der Waals surface area contributed by atoms with Crippen molar-refractivity contribution in [1.82, 2.24) is 4.90 Å². The lowest BCUT2D eigenvalue weighted by Gasteiger charge is -2.46. The van der Waals surface area contributed by atoms with E-state index in [1.165, 1.54) is 0 Å². The highest BCUT2D eigenvalue weighted by molar-refractivity contribution is 5.78. The molecular weight excluding hydrogens is 283 g/mol. The van der Waals surface area contributed by atoms with Gasteiger partial charge in [0.2, 0.25) is 5.91 Å². The molecule has 3 nitrogen and oxygen atoms in total. The van der Waals surface area contributed by atoms with Crippen LogP contribution in [-0.2, 0) is 4.79 Å². The van der Waals surface area contributed by atoms with Gasteiger partial charge in [0, 0.05) is 12.5 Å². The molecule has 0 spiro atoms. The molecule has 0 aliphatic carbocycles. The summed E-state index contributed by atoms with van der Waals surface area (Å²) in [5.74, 6) is -4.14. The number of rotatable bonds is 1. The van der Waals surface area contributed by atoms with Crippen LogP contribution in [-0.4, -0.2) is 28.1 Å². The minimum Gasteiger partial charge on any atom is -0.393 e. The van der Waals surface area contributed by atoms with Gasteiger partial charge in [0.25, 0.3) is 0 Å². The quantitative estimate of drug-likeness (QED) is 0.810. The number of aliphatic hydroxyl groups is 1. The molecule has 21 heavy (non-hydrogen) atoms. The molecule has 3 atom stereocenters. The van der Waals surface area contributed by atoms with Crippen molar-refractivity contribution in [3.63, 3.8) is 0 Å². The Morgan fingerprint density at radius 1 is 1.14 bits per heavy atom. The van der Waals surface area contributed by atoms with Crippen LogP contribution in [0, 0.1) is 17.5 Å². The molecule has 2 heterocycles. The summed E-state index contributed by atoms with van der Waals surface area (Å²) in [4.78, 5) is 13.8. The summed E-state index contributed by atoms with van der Waals surface area (Å²) < 4.78 is 39.9. The molecule has 1 amide bonds. The first-order chi connectivity index (χ1) is 9.97. The van der Waals surface area contributed by atoms with Crippen LogP contribution in [0.25, 0.3) is 0 Å². The average Bonchev–Trinajstić information content (AvgIpc) is 2.43. The van der Waals surface area contributed by atoms with E-state index in [1.807, 2.05) is 0 Å². The van der Waals surface area contributed by atoms with Gasteiger partial charge in [0.05, 0.1) is 12.1 Å². The fourth-order valence-corrected chi connectivity index (χ4v) is 3.47. The summed E-state index contributed by atoms with van der Waals surface area (Å²) >= 11 is 0. The van der Waals surface area contributed by atoms with Crippen molar-refractivity contribution in [2.45, 2.75) is 50.3 Å². The lowest BCUT2D eigenvalue weighted by atomic mass is 9.84.